The first-order valence-corrected chi connectivity index (χ1v) is 7.43. The molecule has 0 radical (unpaired) electrons. The van der Waals surface area contributed by atoms with E-state index in [-0.39, 0.29) is 0 Å². The molecule has 17 heavy (non-hydrogen) atoms. The second-order valence-electron chi connectivity index (χ2n) is 6.03. The molecular weight excluding hydrogens is 210 g/mol. The van der Waals surface area contributed by atoms with E-state index in [0.29, 0.717) is 11.5 Å². The number of hydrogen-bond acceptors (Lipinski definition) is 2. The van der Waals surface area contributed by atoms with Crippen molar-refractivity contribution in [2.75, 3.05) is 19.8 Å². The zero-order valence-electron chi connectivity index (χ0n) is 12.2. The van der Waals surface area contributed by atoms with Gasteiger partial charge in [0.2, 0.25) is 0 Å². The molecule has 0 atom stereocenters. The average molecular weight is 241 g/mol. The van der Waals surface area contributed by atoms with E-state index in [1.165, 1.54) is 38.6 Å². The quantitative estimate of drug-likeness (QED) is 0.735. The van der Waals surface area contributed by atoms with Gasteiger partial charge in [-0.25, -0.2) is 0 Å². The van der Waals surface area contributed by atoms with Gasteiger partial charge in [0, 0.05) is 25.8 Å². The zero-order valence-corrected chi connectivity index (χ0v) is 12.2. The largest absolute Gasteiger partial charge is 0.381 e. The number of hydrogen-bond donors (Lipinski definition) is 1. The monoisotopic (exact) mass is 241 g/mol. The van der Waals surface area contributed by atoms with Crippen LogP contribution in [0.25, 0.3) is 0 Å². The van der Waals surface area contributed by atoms with Gasteiger partial charge < -0.3 is 10.1 Å². The molecule has 1 aliphatic heterocycles. The van der Waals surface area contributed by atoms with Gasteiger partial charge in [-0.1, -0.05) is 40.5 Å². The predicted octanol–water partition coefficient (Wildman–Crippen LogP) is 3.61. The van der Waals surface area contributed by atoms with E-state index in [2.05, 4.69) is 33.0 Å². The van der Waals surface area contributed by atoms with E-state index in [1.54, 1.807) is 0 Å². The van der Waals surface area contributed by atoms with Crippen molar-refractivity contribution in [2.24, 2.45) is 11.3 Å². The van der Waals surface area contributed by atoms with Crippen molar-refractivity contribution < 1.29 is 4.74 Å². The molecule has 0 amide bonds. The van der Waals surface area contributed by atoms with Crippen LogP contribution >= 0.6 is 0 Å². The Bertz CT molecular complexity index is 193. The molecule has 1 aliphatic rings. The zero-order chi connectivity index (χ0) is 12.7. The summed E-state index contributed by atoms with van der Waals surface area (Å²) in [6, 6.07) is 0.594. The van der Waals surface area contributed by atoms with Gasteiger partial charge in [0.1, 0.15) is 0 Å². The Kier molecular flexibility index (Phi) is 6.50. The summed E-state index contributed by atoms with van der Waals surface area (Å²) >= 11 is 0. The molecule has 0 saturated carbocycles. The molecule has 1 saturated heterocycles. The third kappa shape index (κ3) is 4.97. The number of rotatable bonds is 7. The Morgan fingerprint density at radius 1 is 1.12 bits per heavy atom. The SMILES string of the molecule is CCC(CC)CC1(CNC(C)C)CCOCC1. The minimum Gasteiger partial charge on any atom is -0.381 e. The fourth-order valence-corrected chi connectivity index (χ4v) is 2.87. The van der Waals surface area contributed by atoms with E-state index < -0.39 is 0 Å². The van der Waals surface area contributed by atoms with Crippen molar-refractivity contribution in [2.45, 2.75) is 65.8 Å². The highest BCUT2D eigenvalue weighted by molar-refractivity contribution is 4.86. The number of ether oxygens (including phenoxy) is 1. The lowest BCUT2D eigenvalue weighted by Gasteiger charge is -2.40. The summed E-state index contributed by atoms with van der Waals surface area (Å²) in [4.78, 5) is 0. The molecule has 2 heteroatoms. The fourth-order valence-electron chi connectivity index (χ4n) is 2.87. The molecule has 102 valence electrons. The van der Waals surface area contributed by atoms with Gasteiger partial charge in [0.05, 0.1) is 0 Å². The van der Waals surface area contributed by atoms with Crippen LogP contribution in [0.1, 0.15) is 59.8 Å². The van der Waals surface area contributed by atoms with E-state index in [0.717, 1.165) is 19.1 Å². The summed E-state index contributed by atoms with van der Waals surface area (Å²) in [7, 11) is 0. The summed E-state index contributed by atoms with van der Waals surface area (Å²) in [5, 5.41) is 3.65. The van der Waals surface area contributed by atoms with Crippen LogP contribution in [0.5, 0.6) is 0 Å². The highest BCUT2D eigenvalue weighted by atomic mass is 16.5. The molecule has 0 spiro atoms. The van der Waals surface area contributed by atoms with E-state index in [4.69, 9.17) is 4.74 Å². The Labute approximate surface area is 108 Å². The Balaban J connectivity index is 2.57. The standard InChI is InChI=1S/C15H31NO/c1-5-14(6-2)11-15(12-16-13(3)4)7-9-17-10-8-15/h13-14,16H,5-12H2,1-4H3. The molecule has 0 aliphatic carbocycles. The second kappa shape index (κ2) is 7.38. The summed E-state index contributed by atoms with van der Waals surface area (Å²) in [5.41, 5.74) is 0.499. The minimum absolute atomic E-state index is 0.499. The van der Waals surface area contributed by atoms with Gasteiger partial charge in [0.25, 0.3) is 0 Å². The summed E-state index contributed by atoms with van der Waals surface area (Å²) in [6.45, 7) is 12.2. The molecule has 0 bridgehead atoms. The molecule has 0 aromatic rings. The third-order valence-corrected chi connectivity index (χ3v) is 4.32. The summed E-state index contributed by atoms with van der Waals surface area (Å²) < 4.78 is 5.55. The van der Waals surface area contributed by atoms with Crippen LogP contribution in [0.2, 0.25) is 0 Å². The maximum absolute atomic E-state index is 5.55. The first-order chi connectivity index (χ1) is 8.12. The van der Waals surface area contributed by atoms with Crippen LogP contribution in [0, 0.1) is 11.3 Å². The van der Waals surface area contributed by atoms with Crippen molar-refractivity contribution >= 4 is 0 Å². The topological polar surface area (TPSA) is 21.3 Å². The van der Waals surface area contributed by atoms with Crippen LogP contribution in [0.4, 0.5) is 0 Å². The molecule has 2 nitrogen and oxygen atoms in total. The van der Waals surface area contributed by atoms with Crippen LogP contribution in [-0.4, -0.2) is 25.8 Å². The highest BCUT2D eigenvalue weighted by Crippen LogP contribution is 2.38. The number of nitrogens with one attached hydrogen (secondary N) is 1. The van der Waals surface area contributed by atoms with Crippen molar-refractivity contribution in [3.63, 3.8) is 0 Å². The van der Waals surface area contributed by atoms with Gasteiger partial charge >= 0.3 is 0 Å². The van der Waals surface area contributed by atoms with Crippen molar-refractivity contribution in [1.82, 2.24) is 5.32 Å². The van der Waals surface area contributed by atoms with Crippen molar-refractivity contribution in [3.05, 3.63) is 0 Å². The molecular formula is C15H31NO. The van der Waals surface area contributed by atoms with Crippen LogP contribution in [-0.2, 0) is 4.74 Å². The molecule has 0 aromatic heterocycles. The maximum atomic E-state index is 5.55. The molecule has 1 fully saturated rings. The lowest BCUT2D eigenvalue weighted by Crippen LogP contribution is -2.42. The van der Waals surface area contributed by atoms with Crippen LogP contribution in [0.3, 0.4) is 0 Å². The van der Waals surface area contributed by atoms with Crippen LogP contribution < -0.4 is 5.32 Å². The molecule has 0 aromatic carbocycles. The lowest BCUT2D eigenvalue weighted by molar-refractivity contribution is 0.000533. The average Bonchev–Trinajstić information content (AvgIpc) is 2.35. The second-order valence-corrected chi connectivity index (χ2v) is 6.03. The van der Waals surface area contributed by atoms with Crippen LogP contribution in [0.15, 0.2) is 0 Å². The van der Waals surface area contributed by atoms with Gasteiger partial charge in [-0.3, -0.25) is 0 Å². The normalized spacial score (nSPS) is 20.1. The smallest absolute Gasteiger partial charge is 0.0471 e. The summed E-state index contributed by atoms with van der Waals surface area (Å²) in [5.74, 6) is 0.891. The molecule has 1 heterocycles. The summed E-state index contributed by atoms with van der Waals surface area (Å²) in [6.07, 6.45) is 6.50. The van der Waals surface area contributed by atoms with Gasteiger partial charge in [0.15, 0.2) is 0 Å². The minimum atomic E-state index is 0.499. The van der Waals surface area contributed by atoms with Gasteiger partial charge in [-0.2, -0.15) is 0 Å². The Hall–Kier alpha value is -0.0800. The van der Waals surface area contributed by atoms with Crippen molar-refractivity contribution in [3.8, 4) is 0 Å². The van der Waals surface area contributed by atoms with E-state index in [1.807, 2.05) is 0 Å². The first-order valence-electron chi connectivity index (χ1n) is 7.43. The third-order valence-electron chi connectivity index (χ3n) is 4.32. The molecule has 1 N–H and O–H groups in total. The maximum Gasteiger partial charge on any atom is 0.0471 e. The lowest BCUT2D eigenvalue weighted by atomic mass is 9.72. The van der Waals surface area contributed by atoms with E-state index >= 15 is 0 Å². The Morgan fingerprint density at radius 3 is 2.18 bits per heavy atom. The highest BCUT2D eigenvalue weighted by Gasteiger charge is 2.34. The predicted molar refractivity (Wildman–Crippen MR) is 74.3 cm³/mol. The van der Waals surface area contributed by atoms with Crippen molar-refractivity contribution in [1.29, 1.82) is 0 Å². The molecule has 1 rings (SSSR count). The fraction of sp³-hybridized carbons (Fsp3) is 1.00. The first kappa shape index (κ1) is 15.0. The van der Waals surface area contributed by atoms with Gasteiger partial charge in [-0.15, -0.1) is 0 Å². The van der Waals surface area contributed by atoms with E-state index in [9.17, 15) is 0 Å². The molecule has 0 unspecified atom stereocenters. The van der Waals surface area contributed by atoms with Gasteiger partial charge in [-0.05, 0) is 30.6 Å². The Morgan fingerprint density at radius 2 is 1.71 bits per heavy atom.